The van der Waals surface area contributed by atoms with Crippen LogP contribution in [0.5, 0.6) is 0 Å². The summed E-state index contributed by atoms with van der Waals surface area (Å²) < 4.78 is 12.7. The number of fused-ring (bicyclic) bond motifs is 7. The Bertz CT molecular complexity index is 1580. The molecule has 0 saturated carbocycles. The quantitative estimate of drug-likeness (QED) is 0.300. The van der Waals surface area contributed by atoms with Crippen LogP contribution in [0.3, 0.4) is 0 Å². The number of furan rings is 2. The number of pyridine rings is 1. The molecule has 0 spiro atoms. The molecule has 0 bridgehead atoms. The molecule has 3 aromatic carbocycles. The molecule has 3 nitrogen and oxygen atoms in total. The Morgan fingerprint density at radius 2 is 1.60 bits per heavy atom. The lowest BCUT2D eigenvalue weighted by Gasteiger charge is -2.08. The normalized spacial score (nSPS) is 12.1. The first-order valence-electron chi connectivity index (χ1n) is 10.3. The second kappa shape index (κ2) is 6.20. The van der Waals surface area contributed by atoms with Crippen molar-refractivity contribution in [2.24, 2.45) is 0 Å². The van der Waals surface area contributed by atoms with Gasteiger partial charge in [0.25, 0.3) is 0 Å². The predicted octanol–water partition coefficient (Wildman–Crippen LogP) is 7.98. The Morgan fingerprint density at radius 3 is 2.47 bits per heavy atom. The van der Waals surface area contributed by atoms with Crippen molar-refractivity contribution in [3.8, 4) is 11.3 Å². The Labute approximate surface area is 173 Å². The number of rotatable bonds is 2. The third-order valence-corrected chi connectivity index (χ3v) is 5.96. The monoisotopic (exact) mass is 391 g/mol. The summed E-state index contributed by atoms with van der Waals surface area (Å²) in [6.45, 7) is 6.48. The molecule has 6 aromatic rings. The van der Waals surface area contributed by atoms with E-state index in [1.807, 2.05) is 18.3 Å². The zero-order valence-electron chi connectivity index (χ0n) is 17.2. The smallest absolute Gasteiger partial charge is 0.145 e. The fourth-order valence-electron chi connectivity index (χ4n) is 4.41. The van der Waals surface area contributed by atoms with Crippen molar-refractivity contribution in [3.63, 3.8) is 0 Å². The van der Waals surface area contributed by atoms with E-state index in [0.717, 1.165) is 55.1 Å². The standard InChI is InChI=1S/C27H21NO2/c1-15(2)17-10-11-28-21(13-17)20-14-24-25(18-6-4-5-7-22(18)29-24)26-19-9-8-16(3)12-23(19)30-27(20)26/h4-15H,1-3H3. The van der Waals surface area contributed by atoms with Crippen LogP contribution in [0.2, 0.25) is 0 Å². The van der Waals surface area contributed by atoms with Crippen molar-refractivity contribution >= 4 is 43.9 Å². The third kappa shape index (κ3) is 2.42. The Hall–Kier alpha value is -3.59. The zero-order chi connectivity index (χ0) is 20.4. The minimum Gasteiger partial charge on any atom is -0.456 e. The Morgan fingerprint density at radius 1 is 0.767 bits per heavy atom. The van der Waals surface area contributed by atoms with Gasteiger partial charge in [-0.3, -0.25) is 4.98 Å². The molecule has 0 aliphatic rings. The van der Waals surface area contributed by atoms with Crippen LogP contribution < -0.4 is 0 Å². The maximum Gasteiger partial charge on any atom is 0.145 e. The fourth-order valence-corrected chi connectivity index (χ4v) is 4.41. The van der Waals surface area contributed by atoms with Gasteiger partial charge in [0.1, 0.15) is 22.3 Å². The first-order chi connectivity index (χ1) is 14.6. The van der Waals surface area contributed by atoms with Crippen molar-refractivity contribution in [1.29, 1.82) is 0 Å². The van der Waals surface area contributed by atoms with Crippen LogP contribution in [0.1, 0.15) is 30.9 Å². The number of para-hydroxylation sites is 1. The van der Waals surface area contributed by atoms with Crippen molar-refractivity contribution in [2.75, 3.05) is 0 Å². The molecule has 3 heterocycles. The van der Waals surface area contributed by atoms with E-state index in [9.17, 15) is 0 Å². The van der Waals surface area contributed by atoms with Gasteiger partial charge in [-0.15, -0.1) is 0 Å². The minimum absolute atomic E-state index is 0.426. The van der Waals surface area contributed by atoms with Crippen LogP contribution in [-0.2, 0) is 0 Å². The van der Waals surface area contributed by atoms with E-state index < -0.39 is 0 Å². The summed E-state index contributed by atoms with van der Waals surface area (Å²) in [7, 11) is 0. The molecule has 0 fully saturated rings. The van der Waals surface area contributed by atoms with Gasteiger partial charge in [-0.1, -0.05) is 44.2 Å². The number of hydrogen-bond acceptors (Lipinski definition) is 3. The summed E-state index contributed by atoms with van der Waals surface area (Å²) in [6.07, 6.45) is 1.88. The molecule has 3 heteroatoms. The number of nitrogens with zero attached hydrogens (tertiary/aromatic N) is 1. The molecule has 6 rings (SSSR count). The van der Waals surface area contributed by atoms with E-state index in [1.165, 1.54) is 11.1 Å². The maximum atomic E-state index is 6.46. The van der Waals surface area contributed by atoms with Gasteiger partial charge in [-0.2, -0.15) is 0 Å². The summed E-state index contributed by atoms with van der Waals surface area (Å²) in [6, 6.07) is 20.9. The molecule has 146 valence electrons. The zero-order valence-corrected chi connectivity index (χ0v) is 17.2. The molecule has 0 N–H and O–H groups in total. The molecule has 30 heavy (non-hydrogen) atoms. The van der Waals surface area contributed by atoms with Gasteiger partial charge >= 0.3 is 0 Å². The van der Waals surface area contributed by atoms with E-state index in [-0.39, 0.29) is 0 Å². The summed E-state index contributed by atoms with van der Waals surface area (Å²) >= 11 is 0. The van der Waals surface area contributed by atoms with E-state index in [1.54, 1.807) is 0 Å². The highest BCUT2D eigenvalue weighted by atomic mass is 16.3. The van der Waals surface area contributed by atoms with Gasteiger partial charge < -0.3 is 8.83 Å². The van der Waals surface area contributed by atoms with E-state index in [2.05, 4.69) is 74.3 Å². The molecule has 0 amide bonds. The van der Waals surface area contributed by atoms with Gasteiger partial charge in [0.05, 0.1) is 5.69 Å². The second-order valence-electron chi connectivity index (χ2n) is 8.33. The highest BCUT2D eigenvalue weighted by molar-refractivity contribution is 6.28. The molecule has 3 aromatic heterocycles. The van der Waals surface area contributed by atoms with E-state index in [0.29, 0.717) is 5.92 Å². The minimum atomic E-state index is 0.426. The van der Waals surface area contributed by atoms with Crippen LogP contribution in [0, 0.1) is 6.92 Å². The van der Waals surface area contributed by atoms with Crippen LogP contribution in [0.15, 0.2) is 75.7 Å². The Balaban J connectivity index is 1.82. The number of aryl methyl sites for hydroxylation is 1. The van der Waals surface area contributed by atoms with Crippen molar-refractivity contribution < 1.29 is 8.83 Å². The average Bonchev–Trinajstić information content (AvgIpc) is 3.30. The molecule has 0 aliphatic carbocycles. The van der Waals surface area contributed by atoms with Crippen LogP contribution in [0.4, 0.5) is 0 Å². The van der Waals surface area contributed by atoms with Gasteiger partial charge in [-0.25, -0.2) is 0 Å². The Kier molecular flexibility index (Phi) is 3.57. The molecular formula is C27H21NO2. The van der Waals surface area contributed by atoms with E-state index >= 15 is 0 Å². The maximum absolute atomic E-state index is 6.46. The van der Waals surface area contributed by atoms with Gasteiger partial charge in [0.15, 0.2) is 0 Å². The highest BCUT2D eigenvalue weighted by Gasteiger charge is 2.21. The van der Waals surface area contributed by atoms with Crippen LogP contribution in [0.25, 0.3) is 55.1 Å². The molecule has 0 aliphatic heterocycles. The average molecular weight is 391 g/mol. The van der Waals surface area contributed by atoms with Crippen LogP contribution >= 0.6 is 0 Å². The lowest BCUT2D eigenvalue weighted by molar-refractivity contribution is 0.663. The summed E-state index contributed by atoms with van der Waals surface area (Å²) in [5.41, 5.74) is 7.81. The van der Waals surface area contributed by atoms with Gasteiger partial charge in [0, 0.05) is 33.3 Å². The highest BCUT2D eigenvalue weighted by Crippen LogP contribution is 2.44. The lowest BCUT2D eigenvalue weighted by atomic mass is 9.98. The molecule has 0 saturated heterocycles. The van der Waals surface area contributed by atoms with Gasteiger partial charge in [-0.05, 0) is 54.3 Å². The number of hydrogen-bond donors (Lipinski definition) is 0. The fraction of sp³-hybridized carbons (Fsp3) is 0.148. The molecule has 0 radical (unpaired) electrons. The third-order valence-electron chi connectivity index (χ3n) is 5.96. The van der Waals surface area contributed by atoms with E-state index in [4.69, 9.17) is 8.83 Å². The number of benzene rings is 3. The first kappa shape index (κ1) is 17.3. The van der Waals surface area contributed by atoms with Gasteiger partial charge in [0.2, 0.25) is 0 Å². The lowest BCUT2D eigenvalue weighted by Crippen LogP contribution is -1.91. The molecular weight excluding hydrogens is 370 g/mol. The SMILES string of the molecule is Cc1ccc2c(c1)oc1c(-c3cc(C(C)C)ccn3)cc3oc4ccccc4c3c12. The first-order valence-corrected chi connectivity index (χ1v) is 10.3. The topological polar surface area (TPSA) is 39.2 Å². The summed E-state index contributed by atoms with van der Waals surface area (Å²) in [5.74, 6) is 0.426. The second-order valence-corrected chi connectivity index (χ2v) is 8.33. The van der Waals surface area contributed by atoms with Crippen molar-refractivity contribution in [1.82, 2.24) is 4.98 Å². The molecule has 0 atom stereocenters. The summed E-state index contributed by atoms with van der Waals surface area (Å²) in [4.78, 5) is 4.69. The van der Waals surface area contributed by atoms with Crippen molar-refractivity contribution in [2.45, 2.75) is 26.7 Å². The predicted molar refractivity (Wildman–Crippen MR) is 123 cm³/mol. The molecule has 0 unspecified atom stereocenters. The largest absolute Gasteiger partial charge is 0.456 e. The van der Waals surface area contributed by atoms with Crippen molar-refractivity contribution in [3.05, 3.63) is 78.0 Å². The van der Waals surface area contributed by atoms with Crippen LogP contribution in [-0.4, -0.2) is 4.98 Å². The summed E-state index contributed by atoms with van der Waals surface area (Å²) in [5, 5.41) is 4.41. The number of aromatic nitrogens is 1.